The molecule has 0 aliphatic carbocycles. The molecule has 1 aromatic heterocycles. The molecule has 2 saturated heterocycles. The second-order valence-electron chi connectivity index (χ2n) is 7.55. The number of ether oxygens (including phenoxy) is 1. The summed E-state index contributed by atoms with van der Waals surface area (Å²) in [6.07, 6.45) is 1.14. The Balaban J connectivity index is 1.65. The van der Waals surface area contributed by atoms with Crippen LogP contribution in [0.3, 0.4) is 0 Å². The van der Waals surface area contributed by atoms with Crippen molar-refractivity contribution >= 4 is 12.0 Å². The zero-order valence-corrected chi connectivity index (χ0v) is 16.2. The second kappa shape index (κ2) is 7.26. The van der Waals surface area contributed by atoms with E-state index in [1.54, 1.807) is 9.58 Å². The summed E-state index contributed by atoms with van der Waals surface area (Å²) in [6, 6.07) is 1.86. The van der Waals surface area contributed by atoms with Gasteiger partial charge in [-0.2, -0.15) is 5.10 Å². The van der Waals surface area contributed by atoms with Crippen LogP contribution in [0, 0.1) is 6.92 Å². The maximum Gasteiger partial charge on any atom is 0.410 e. The number of hydrogen-bond donors (Lipinski definition) is 0. The highest BCUT2D eigenvalue weighted by atomic mass is 16.6. The van der Waals surface area contributed by atoms with Crippen LogP contribution in [-0.4, -0.2) is 88.9 Å². The summed E-state index contributed by atoms with van der Waals surface area (Å²) in [5, 5.41) is 4.47. The van der Waals surface area contributed by atoms with Crippen LogP contribution in [0.1, 0.15) is 35.9 Å². The maximum atomic E-state index is 13.0. The van der Waals surface area contributed by atoms with Gasteiger partial charge < -0.3 is 19.4 Å². The number of hydrogen-bond acceptors (Lipinski definition) is 5. The van der Waals surface area contributed by atoms with E-state index in [0.29, 0.717) is 51.3 Å². The van der Waals surface area contributed by atoms with Crippen molar-refractivity contribution in [2.75, 3.05) is 46.8 Å². The van der Waals surface area contributed by atoms with Gasteiger partial charge in [-0.3, -0.25) is 9.48 Å². The number of likely N-dealkylation sites (tertiary alicyclic amines) is 1. The van der Waals surface area contributed by atoms with Crippen molar-refractivity contribution in [1.82, 2.24) is 24.5 Å². The highest BCUT2D eigenvalue weighted by Gasteiger charge is 2.47. The molecular formula is C18H29N5O3. The number of likely N-dealkylation sites (N-methyl/N-ethyl adjacent to an activating group) is 2. The lowest BCUT2D eigenvalue weighted by Crippen LogP contribution is -2.49. The average Bonchev–Trinajstić information content (AvgIpc) is 3.12. The lowest BCUT2D eigenvalue weighted by atomic mass is 9.91. The van der Waals surface area contributed by atoms with Crippen LogP contribution in [-0.2, 0) is 11.3 Å². The molecule has 3 heterocycles. The third-order valence-corrected chi connectivity index (χ3v) is 5.26. The first-order valence-corrected chi connectivity index (χ1v) is 9.30. The zero-order valence-electron chi connectivity index (χ0n) is 16.2. The van der Waals surface area contributed by atoms with Gasteiger partial charge in [-0.05, 0) is 34.0 Å². The first-order chi connectivity index (χ1) is 12.3. The van der Waals surface area contributed by atoms with Gasteiger partial charge in [0, 0.05) is 39.0 Å². The highest BCUT2D eigenvalue weighted by Crippen LogP contribution is 2.33. The molecule has 2 amide bonds. The molecule has 1 aromatic rings. The average molecular weight is 363 g/mol. The van der Waals surface area contributed by atoms with E-state index in [4.69, 9.17) is 4.74 Å². The van der Waals surface area contributed by atoms with Gasteiger partial charge >= 0.3 is 6.09 Å². The van der Waals surface area contributed by atoms with Gasteiger partial charge in [-0.1, -0.05) is 0 Å². The number of aryl methyl sites for hydroxylation is 1. The minimum atomic E-state index is -0.426. The molecule has 0 atom stereocenters. The molecule has 3 rings (SSSR count). The Kier molecular flexibility index (Phi) is 5.22. The summed E-state index contributed by atoms with van der Waals surface area (Å²) >= 11 is 0. The van der Waals surface area contributed by atoms with Crippen molar-refractivity contribution in [3.05, 3.63) is 17.5 Å². The van der Waals surface area contributed by atoms with E-state index in [2.05, 4.69) is 10.00 Å². The molecule has 0 bridgehead atoms. The van der Waals surface area contributed by atoms with Crippen LogP contribution >= 0.6 is 0 Å². The molecule has 2 aliphatic rings. The summed E-state index contributed by atoms with van der Waals surface area (Å²) in [7, 11) is 4.01. The van der Waals surface area contributed by atoms with Gasteiger partial charge in [-0.25, -0.2) is 4.79 Å². The molecule has 0 aromatic carbocycles. The number of amides is 2. The Morgan fingerprint density at radius 1 is 1.35 bits per heavy atom. The predicted molar refractivity (Wildman–Crippen MR) is 97.1 cm³/mol. The van der Waals surface area contributed by atoms with Gasteiger partial charge in [0.25, 0.3) is 5.91 Å². The first-order valence-electron chi connectivity index (χ1n) is 9.30. The Bertz CT molecular complexity index is 676. The summed E-state index contributed by atoms with van der Waals surface area (Å²) < 4.78 is 7.45. The molecule has 8 heteroatoms. The second-order valence-corrected chi connectivity index (χ2v) is 7.55. The van der Waals surface area contributed by atoms with Gasteiger partial charge in [0.05, 0.1) is 18.8 Å². The molecule has 0 radical (unpaired) electrons. The Morgan fingerprint density at radius 3 is 2.62 bits per heavy atom. The minimum Gasteiger partial charge on any atom is -0.441 e. The molecular weight excluding hydrogens is 334 g/mol. The molecule has 1 spiro atoms. The van der Waals surface area contributed by atoms with Gasteiger partial charge in [0.2, 0.25) is 0 Å². The number of carbonyl (C=O) groups is 2. The zero-order chi connectivity index (χ0) is 18.9. The number of nitrogens with zero attached hydrogens (tertiary/aromatic N) is 5. The molecule has 0 unspecified atom stereocenters. The van der Waals surface area contributed by atoms with E-state index >= 15 is 0 Å². The van der Waals surface area contributed by atoms with Gasteiger partial charge in [0.1, 0.15) is 11.3 Å². The molecule has 0 N–H and O–H groups in total. The Hall–Kier alpha value is -2.09. The Labute approximate surface area is 154 Å². The van der Waals surface area contributed by atoms with E-state index in [-0.39, 0.29) is 12.0 Å². The van der Waals surface area contributed by atoms with E-state index in [1.165, 1.54) is 0 Å². The number of piperidine rings is 1. The molecule has 144 valence electrons. The van der Waals surface area contributed by atoms with Crippen LogP contribution < -0.4 is 0 Å². The number of rotatable bonds is 5. The predicted octanol–water partition coefficient (Wildman–Crippen LogP) is 1.20. The van der Waals surface area contributed by atoms with Gasteiger partial charge in [-0.15, -0.1) is 0 Å². The monoisotopic (exact) mass is 363 g/mol. The van der Waals surface area contributed by atoms with Crippen LogP contribution in [0.4, 0.5) is 4.79 Å². The highest BCUT2D eigenvalue weighted by molar-refractivity contribution is 5.92. The third-order valence-electron chi connectivity index (χ3n) is 5.26. The van der Waals surface area contributed by atoms with Crippen molar-refractivity contribution in [3.63, 3.8) is 0 Å². The van der Waals surface area contributed by atoms with Crippen LogP contribution in [0.2, 0.25) is 0 Å². The normalized spacial score (nSPS) is 19.5. The van der Waals surface area contributed by atoms with Crippen LogP contribution in [0.15, 0.2) is 6.07 Å². The molecule has 2 fully saturated rings. The van der Waals surface area contributed by atoms with E-state index in [0.717, 1.165) is 12.2 Å². The Morgan fingerprint density at radius 2 is 2.04 bits per heavy atom. The SMILES string of the molecule is CCN1CC2(CCN(C(=O)c3cc(C)nn3CCN(C)C)CC2)OC1=O. The lowest BCUT2D eigenvalue weighted by molar-refractivity contribution is 0.00279. The van der Waals surface area contributed by atoms with Crippen molar-refractivity contribution in [2.45, 2.75) is 38.8 Å². The van der Waals surface area contributed by atoms with Crippen LogP contribution in [0.25, 0.3) is 0 Å². The van der Waals surface area contributed by atoms with Crippen molar-refractivity contribution in [1.29, 1.82) is 0 Å². The van der Waals surface area contributed by atoms with Crippen molar-refractivity contribution in [2.24, 2.45) is 0 Å². The van der Waals surface area contributed by atoms with Crippen molar-refractivity contribution < 1.29 is 14.3 Å². The number of aromatic nitrogens is 2. The number of carbonyl (C=O) groups excluding carboxylic acids is 2. The minimum absolute atomic E-state index is 0.0101. The largest absolute Gasteiger partial charge is 0.441 e. The fraction of sp³-hybridized carbons (Fsp3) is 0.722. The standard InChI is InChI=1S/C18H29N5O3/c1-5-21-13-18(26-17(21)25)6-8-22(9-7-18)16(24)15-12-14(2)19-23(15)11-10-20(3)4/h12H,5-11,13H2,1-4H3. The summed E-state index contributed by atoms with van der Waals surface area (Å²) in [5.41, 5.74) is 1.06. The van der Waals surface area contributed by atoms with Crippen LogP contribution in [0.5, 0.6) is 0 Å². The maximum absolute atomic E-state index is 13.0. The summed E-state index contributed by atoms with van der Waals surface area (Å²) in [4.78, 5) is 30.6. The lowest BCUT2D eigenvalue weighted by Gasteiger charge is -2.37. The van der Waals surface area contributed by atoms with Gasteiger partial charge in [0.15, 0.2) is 0 Å². The quantitative estimate of drug-likeness (QED) is 0.786. The fourth-order valence-corrected chi connectivity index (χ4v) is 3.66. The van der Waals surface area contributed by atoms with E-state index in [1.807, 2.05) is 38.9 Å². The van der Waals surface area contributed by atoms with Crippen molar-refractivity contribution in [3.8, 4) is 0 Å². The first kappa shape index (κ1) is 18.7. The van der Waals surface area contributed by atoms with E-state index < -0.39 is 5.60 Å². The molecule has 8 nitrogen and oxygen atoms in total. The molecule has 2 aliphatic heterocycles. The summed E-state index contributed by atoms with van der Waals surface area (Å²) in [5.74, 6) is 0.0101. The topological polar surface area (TPSA) is 70.9 Å². The third kappa shape index (κ3) is 3.70. The molecule has 26 heavy (non-hydrogen) atoms. The molecule has 0 saturated carbocycles. The fourth-order valence-electron chi connectivity index (χ4n) is 3.66. The smallest absolute Gasteiger partial charge is 0.410 e. The summed E-state index contributed by atoms with van der Waals surface area (Å²) in [6.45, 7) is 7.86. The van der Waals surface area contributed by atoms with E-state index in [9.17, 15) is 9.59 Å².